The van der Waals surface area contributed by atoms with E-state index in [0.717, 1.165) is 38.5 Å². The summed E-state index contributed by atoms with van der Waals surface area (Å²) in [6, 6.07) is 30.0. The molecule has 1 aromatic heterocycles. The number of para-hydroxylation sites is 1. The lowest BCUT2D eigenvalue weighted by Crippen LogP contribution is -2.35. The predicted molar refractivity (Wildman–Crippen MR) is 168 cm³/mol. The van der Waals surface area contributed by atoms with Crippen molar-refractivity contribution in [3.05, 3.63) is 126 Å². The monoisotopic (exact) mass is 590 g/mol. The Hall–Kier alpha value is -5.32. The summed E-state index contributed by atoms with van der Waals surface area (Å²) in [7, 11) is 0. The van der Waals surface area contributed by atoms with E-state index in [1.54, 1.807) is 66.9 Å². The quantitative estimate of drug-likeness (QED) is 0.160. The molecule has 5 aromatic rings. The van der Waals surface area contributed by atoms with Gasteiger partial charge in [0.15, 0.2) is 0 Å². The van der Waals surface area contributed by atoms with Gasteiger partial charge in [-0.1, -0.05) is 24.3 Å². The summed E-state index contributed by atoms with van der Waals surface area (Å²) in [6.07, 6.45) is 1.63. The first kappa shape index (κ1) is 28.8. The van der Waals surface area contributed by atoms with Crippen LogP contribution in [0.1, 0.15) is 15.9 Å². The van der Waals surface area contributed by atoms with Crippen molar-refractivity contribution in [3.8, 4) is 11.6 Å². The third kappa shape index (κ3) is 7.74. The van der Waals surface area contributed by atoms with Crippen LogP contribution in [-0.2, 0) is 11.3 Å². The molecule has 0 spiro atoms. The van der Waals surface area contributed by atoms with E-state index in [4.69, 9.17) is 9.47 Å². The van der Waals surface area contributed by atoms with Crippen molar-refractivity contribution in [1.82, 2.24) is 14.9 Å². The van der Waals surface area contributed by atoms with E-state index in [1.165, 1.54) is 17.7 Å². The molecule has 2 heterocycles. The number of ether oxygens (including phenoxy) is 2. The fraction of sp³-hybridized carbons (Fsp3) is 0.147. The van der Waals surface area contributed by atoms with E-state index in [0.29, 0.717) is 40.2 Å². The smallest absolute Gasteiger partial charge is 0.257 e. The van der Waals surface area contributed by atoms with Gasteiger partial charge in [-0.25, -0.2) is 9.37 Å². The van der Waals surface area contributed by atoms with Gasteiger partial charge in [-0.15, -0.1) is 0 Å². The minimum atomic E-state index is -0.327. The van der Waals surface area contributed by atoms with Crippen LogP contribution >= 0.6 is 0 Å². The van der Waals surface area contributed by atoms with E-state index in [9.17, 15) is 9.18 Å². The maximum absolute atomic E-state index is 13.3. The number of hydrogen-bond donors (Lipinski definition) is 3. The number of hydrogen-bond acceptors (Lipinski definition) is 8. The Bertz CT molecular complexity index is 1710. The average molecular weight is 591 g/mol. The zero-order valence-corrected chi connectivity index (χ0v) is 23.9. The van der Waals surface area contributed by atoms with Crippen molar-refractivity contribution < 1.29 is 18.7 Å². The molecule has 1 aliphatic rings. The molecule has 0 unspecified atom stereocenters. The molecule has 0 saturated carbocycles. The molecule has 4 aromatic carbocycles. The molecule has 6 rings (SSSR count). The number of rotatable bonds is 10. The molecule has 0 atom stereocenters. The van der Waals surface area contributed by atoms with E-state index in [-0.39, 0.29) is 11.7 Å². The summed E-state index contributed by atoms with van der Waals surface area (Å²) in [6.45, 7) is 4.25. The topological polar surface area (TPSA) is 101 Å². The van der Waals surface area contributed by atoms with Crippen LogP contribution in [-0.4, -0.2) is 47.1 Å². The summed E-state index contributed by atoms with van der Waals surface area (Å²) < 4.78 is 24.7. The second-order valence-corrected chi connectivity index (χ2v) is 10.2. The number of amides is 1. The summed E-state index contributed by atoms with van der Waals surface area (Å²) in [5, 5.41) is 9.34. The molecule has 10 heteroatoms. The summed E-state index contributed by atoms with van der Waals surface area (Å²) in [5.74, 6) is 0.738. The van der Waals surface area contributed by atoms with Crippen LogP contribution < -0.4 is 20.7 Å². The minimum Gasteiger partial charge on any atom is -0.439 e. The van der Waals surface area contributed by atoms with Gasteiger partial charge in [-0.05, 0) is 78.4 Å². The van der Waals surface area contributed by atoms with Crippen molar-refractivity contribution in [2.75, 3.05) is 42.3 Å². The van der Waals surface area contributed by atoms with Crippen molar-refractivity contribution in [2.45, 2.75) is 6.54 Å². The van der Waals surface area contributed by atoms with Crippen LogP contribution in [0, 0.1) is 5.82 Å². The van der Waals surface area contributed by atoms with Crippen molar-refractivity contribution in [1.29, 1.82) is 0 Å². The minimum absolute atomic E-state index is 0.288. The number of carbonyl (C=O) groups excluding carboxylic acids is 1. The van der Waals surface area contributed by atoms with Gasteiger partial charge in [0.1, 0.15) is 11.6 Å². The third-order valence-corrected chi connectivity index (χ3v) is 6.95. The highest BCUT2D eigenvalue weighted by molar-refractivity contribution is 6.08. The maximum Gasteiger partial charge on any atom is 0.257 e. The Morgan fingerprint density at radius 2 is 1.61 bits per heavy atom. The summed E-state index contributed by atoms with van der Waals surface area (Å²) in [5.41, 5.74) is 4.42. The molecule has 9 nitrogen and oxygen atoms in total. The second kappa shape index (κ2) is 13.8. The Morgan fingerprint density at radius 3 is 2.43 bits per heavy atom. The fourth-order valence-electron chi connectivity index (χ4n) is 4.76. The maximum atomic E-state index is 13.3. The first-order chi connectivity index (χ1) is 21.6. The third-order valence-electron chi connectivity index (χ3n) is 6.95. The Balaban J connectivity index is 1.06. The van der Waals surface area contributed by atoms with E-state index in [2.05, 4.69) is 43.0 Å². The molecule has 0 aliphatic carbocycles. The number of nitrogens with zero attached hydrogens (tertiary/aromatic N) is 3. The molecule has 1 amide bonds. The Labute approximate surface area is 254 Å². The van der Waals surface area contributed by atoms with Crippen molar-refractivity contribution in [3.63, 3.8) is 0 Å². The Morgan fingerprint density at radius 1 is 0.841 bits per heavy atom. The van der Waals surface area contributed by atoms with Crippen molar-refractivity contribution >= 4 is 34.6 Å². The second-order valence-electron chi connectivity index (χ2n) is 10.2. The van der Waals surface area contributed by atoms with Gasteiger partial charge in [0, 0.05) is 49.0 Å². The zero-order chi connectivity index (χ0) is 30.1. The first-order valence-corrected chi connectivity index (χ1v) is 14.3. The number of nitrogens with one attached hydrogen (secondary N) is 3. The zero-order valence-electron chi connectivity index (χ0n) is 23.9. The average Bonchev–Trinajstić information content (AvgIpc) is 3.04. The number of benzene rings is 4. The lowest BCUT2D eigenvalue weighted by molar-refractivity contribution is 0.0342. The first-order valence-electron chi connectivity index (χ1n) is 14.3. The van der Waals surface area contributed by atoms with Gasteiger partial charge >= 0.3 is 0 Å². The van der Waals surface area contributed by atoms with Gasteiger partial charge in [0.25, 0.3) is 5.91 Å². The van der Waals surface area contributed by atoms with Crippen LogP contribution in [0.4, 0.5) is 33.1 Å². The summed E-state index contributed by atoms with van der Waals surface area (Å²) in [4.78, 5) is 24.3. The van der Waals surface area contributed by atoms with Gasteiger partial charge < -0.3 is 25.4 Å². The summed E-state index contributed by atoms with van der Waals surface area (Å²) >= 11 is 0. The Kier molecular flexibility index (Phi) is 9.01. The lowest BCUT2D eigenvalue weighted by Gasteiger charge is -2.26. The fourth-order valence-corrected chi connectivity index (χ4v) is 4.76. The van der Waals surface area contributed by atoms with Crippen molar-refractivity contribution in [2.24, 2.45) is 0 Å². The lowest BCUT2D eigenvalue weighted by atomic mass is 10.1. The number of halogens is 1. The van der Waals surface area contributed by atoms with E-state index in [1.807, 2.05) is 18.2 Å². The van der Waals surface area contributed by atoms with Crippen LogP contribution in [0.25, 0.3) is 0 Å². The van der Waals surface area contributed by atoms with E-state index >= 15 is 0 Å². The highest BCUT2D eigenvalue weighted by Crippen LogP contribution is 2.25. The molecule has 222 valence electrons. The number of carbonyl (C=O) groups is 1. The molecule has 1 fully saturated rings. The number of aromatic nitrogens is 2. The molecule has 1 aliphatic heterocycles. The molecule has 44 heavy (non-hydrogen) atoms. The van der Waals surface area contributed by atoms with Crippen LogP contribution in [0.3, 0.4) is 0 Å². The van der Waals surface area contributed by atoms with Crippen LogP contribution in [0.5, 0.6) is 11.6 Å². The molecular weight excluding hydrogens is 559 g/mol. The largest absolute Gasteiger partial charge is 0.439 e. The highest BCUT2D eigenvalue weighted by atomic mass is 19.1. The molecule has 0 radical (unpaired) electrons. The predicted octanol–water partition coefficient (Wildman–Crippen LogP) is 6.98. The van der Waals surface area contributed by atoms with Gasteiger partial charge in [0.2, 0.25) is 11.8 Å². The molecule has 1 saturated heterocycles. The van der Waals surface area contributed by atoms with Gasteiger partial charge in [-0.3, -0.25) is 9.69 Å². The molecular formula is C34H31FN6O3. The normalized spacial score (nSPS) is 13.2. The number of morpholine rings is 1. The highest BCUT2D eigenvalue weighted by Gasteiger charge is 2.13. The standard InChI is InChI=1S/C34H31FN6O3/c35-25-8-10-26(11-9-25)37-31-7-2-1-6-30(31)33(42)38-27-12-14-29(15-13-27)44-32-16-17-36-34(40-32)39-28-5-3-4-24(22-28)23-41-18-20-43-21-19-41/h1-17,22,37H,18-21,23H2,(H,38,42)(H,36,39,40). The number of anilines is 5. The van der Waals surface area contributed by atoms with Crippen LogP contribution in [0.15, 0.2) is 109 Å². The molecule has 3 N–H and O–H groups in total. The van der Waals surface area contributed by atoms with Gasteiger partial charge in [-0.2, -0.15) is 4.98 Å². The SMILES string of the molecule is O=C(Nc1ccc(Oc2ccnc(Nc3cccc(CN4CCOCC4)c3)n2)cc1)c1ccccc1Nc1ccc(F)cc1. The van der Waals surface area contributed by atoms with Gasteiger partial charge in [0.05, 0.1) is 24.5 Å². The molecule has 0 bridgehead atoms. The van der Waals surface area contributed by atoms with Crippen LogP contribution in [0.2, 0.25) is 0 Å². The van der Waals surface area contributed by atoms with E-state index < -0.39 is 0 Å².